The minimum atomic E-state index is -0.432. The van der Waals surface area contributed by atoms with Gasteiger partial charge in [-0.25, -0.2) is 14.4 Å². The molecule has 0 spiro atoms. The van der Waals surface area contributed by atoms with Gasteiger partial charge in [0.2, 0.25) is 0 Å². The SMILES string of the molecule is COC(=O)CC(c1ccc(F)cc1)c1ccnc(Oc2ccc(CNc3ccccn3)cc2)n1. The zero-order valence-electron chi connectivity index (χ0n) is 18.5. The van der Waals surface area contributed by atoms with E-state index in [0.29, 0.717) is 18.0 Å². The molecule has 0 aliphatic rings. The molecule has 0 amide bonds. The van der Waals surface area contributed by atoms with Gasteiger partial charge in [-0.1, -0.05) is 30.3 Å². The number of carbonyl (C=O) groups is 1. The Hall–Kier alpha value is -4.33. The van der Waals surface area contributed by atoms with Gasteiger partial charge in [0.1, 0.15) is 17.4 Å². The second-order valence-electron chi connectivity index (χ2n) is 7.46. The van der Waals surface area contributed by atoms with Crippen LogP contribution in [0.15, 0.2) is 85.2 Å². The van der Waals surface area contributed by atoms with E-state index >= 15 is 0 Å². The number of rotatable bonds is 9. The van der Waals surface area contributed by atoms with Crippen molar-refractivity contribution in [2.75, 3.05) is 12.4 Å². The molecule has 1 N–H and O–H groups in total. The third-order valence-corrected chi connectivity index (χ3v) is 5.15. The topological polar surface area (TPSA) is 86.2 Å². The van der Waals surface area contributed by atoms with Crippen molar-refractivity contribution in [3.05, 3.63) is 108 Å². The average molecular weight is 458 g/mol. The molecule has 1 unspecified atom stereocenters. The van der Waals surface area contributed by atoms with Gasteiger partial charge in [-0.15, -0.1) is 0 Å². The van der Waals surface area contributed by atoms with E-state index in [0.717, 1.165) is 16.9 Å². The highest BCUT2D eigenvalue weighted by Gasteiger charge is 2.21. The van der Waals surface area contributed by atoms with E-state index in [9.17, 15) is 9.18 Å². The number of hydrogen-bond acceptors (Lipinski definition) is 7. The fourth-order valence-corrected chi connectivity index (χ4v) is 3.38. The van der Waals surface area contributed by atoms with Gasteiger partial charge in [0.25, 0.3) is 0 Å². The molecule has 8 heteroatoms. The number of nitrogens with one attached hydrogen (secondary N) is 1. The molecule has 2 heterocycles. The Morgan fingerprint density at radius 1 is 0.971 bits per heavy atom. The van der Waals surface area contributed by atoms with E-state index in [2.05, 4.69) is 20.3 Å². The number of esters is 1. The summed E-state index contributed by atoms with van der Waals surface area (Å²) in [6.07, 6.45) is 3.35. The second kappa shape index (κ2) is 11.0. The number of anilines is 1. The van der Waals surface area contributed by atoms with Crippen LogP contribution >= 0.6 is 0 Å². The summed E-state index contributed by atoms with van der Waals surface area (Å²) < 4.78 is 24.1. The molecular weight excluding hydrogens is 435 g/mol. The van der Waals surface area contributed by atoms with Gasteiger partial charge in [0.05, 0.1) is 19.2 Å². The Kier molecular flexibility index (Phi) is 7.39. The predicted octanol–water partition coefficient (Wildman–Crippen LogP) is 5.11. The minimum Gasteiger partial charge on any atom is -0.469 e. The van der Waals surface area contributed by atoms with Crippen LogP contribution in [0.1, 0.15) is 29.2 Å². The zero-order chi connectivity index (χ0) is 23.8. The Bertz CT molecular complexity index is 1220. The smallest absolute Gasteiger partial charge is 0.322 e. The number of ether oxygens (including phenoxy) is 2. The molecule has 1 atom stereocenters. The van der Waals surface area contributed by atoms with Crippen molar-refractivity contribution in [1.82, 2.24) is 15.0 Å². The summed E-state index contributed by atoms with van der Waals surface area (Å²) in [4.78, 5) is 24.9. The van der Waals surface area contributed by atoms with Crippen molar-refractivity contribution < 1.29 is 18.7 Å². The Labute approximate surface area is 196 Å². The van der Waals surface area contributed by atoms with Crippen LogP contribution in [0.25, 0.3) is 0 Å². The van der Waals surface area contributed by atoms with E-state index in [1.54, 1.807) is 30.6 Å². The first-order valence-electron chi connectivity index (χ1n) is 10.7. The predicted molar refractivity (Wildman–Crippen MR) is 125 cm³/mol. The molecule has 0 saturated heterocycles. The lowest BCUT2D eigenvalue weighted by Gasteiger charge is -2.16. The molecule has 7 nitrogen and oxygen atoms in total. The lowest BCUT2D eigenvalue weighted by molar-refractivity contribution is -0.140. The maximum absolute atomic E-state index is 13.4. The maximum Gasteiger partial charge on any atom is 0.322 e. The van der Waals surface area contributed by atoms with E-state index < -0.39 is 11.9 Å². The number of nitrogens with zero attached hydrogens (tertiary/aromatic N) is 3. The summed E-state index contributed by atoms with van der Waals surface area (Å²) in [5.74, 6) is 0.190. The molecule has 172 valence electrons. The van der Waals surface area contributed by atoms with Crippen molar-refractivity contribution in [2.24, 2.45) is 0 Å². The Morgan fingerprint density at radius 2 is 1.76 bits per heavy atom. The first kappa shape index (κ1) is 22.8. The Morgan fingerprint density at radius 3 is 2.47 bits per heavy atom. The van der Waals surface area contributed by atoms with Crippen LogP contribution in [0.3, 0.4) is 0 Å². The molecule has 0 aliphatic carbocycles. The fourth-order valence-electron chi connectivity index (χ4n) is 3.38. The molecule has 0 aliphatic heterocycles. The van der Waals surface area contributed by atoms with Crippen LogP contribution in [-0.4, -0.2) is 28.0 Å². The van der Waals surface area contributed by atoms with Crippen molar-refractivity contribution in [2.45, 2.75) is 18.9 Å². The number of carbonyl (C=O) groups excluding carboxylic acids is 1. The zero-order valence-corrected chi connectivity index (χ0v) is 18.5. The molecule has 2 aromatic heterocycles. The number of methoxy groups -OCH3 is 1. The molecular formula is C26H23FN4O3. The number of pyridine rings is 1. The molecule has 4 aromatic rings. The van der Waals surface area contributed by atoms with Gasteiger partial charge in [0, 0.05) is 24.9 Å². The molecule has 2 aromatic carbocycles. The van der Waals surface area contributed by atoms with Crippen molar-refractivity contribution >= 4 is 11.8 Å². The number of benzene rings is 2. The van der Waals surface area contributed by atoms with E-state index in [1.807, 2.05) is 42.5 Å². The average Bonchev–Trinajstić information content (AvgIpc) is 2.88. The molecule has 34 heavy (non-hydrogen) atoms. The lowest BCUT2D eigenvalue weighted by Crippen LogP contribution is -2.12. The number of halogens is 1. The van der Waals surface area contributed by atoms with Crippen molar-refractivity contribution in [3.63, 3.8) is 0 Å². The normalized spacial score (nSPS) is 11.5. The van der Waals surface area contributed by atoms with Crippen LogP contribution in [-0.2, 0) is 16.1 Å². The first-order chi connectivity index (χ1) is 16.6. The Balaban J connectivity index is 1.47. The van der Waals surface area contributed by atoms with Crippen molar-refractivity contribution in [3.8, 4) is 11.8 Å². The quantitative estimate of drug-likeness (QED) is 0.349. The fraction of sp³-hybridized carbons (Fsp3) is 0.154. The van der Waals surface area contributed by atoms with E-state index in [4.69, 9.17) is 9.47 Å². The largest absolute Gasteiger partial charge is 0.469 e. The summed E-state index contributed by atoms with van der Waals surface area (Å²) in [5.41, 5.74) is 2.36. The second-order valence-corrected chi connectivity index (χ2v) is 7.46. The molecule has 0 radical (unpaired) electrons. The summed E-state index contributed by atoms with van der Waals surface area (Å²) in [6, 6.07) is 21.0. The number of aromatic nitrogens is 3. The summed E-state index contributed by atoms with van der Waals surface area (Å²) in [6.45, 7) is 0.621. The van der Waals surface area contributed by atoms with E-state index in [1.165, 1.54) is 19.2 Å². The highest BCUT2D eigenvalue weighted by Crippen LogP contribution is 2.29. The van der Waals surface area contributed by atoms with Crippen LogP contribution in [0.5, 0.6) is 11.8 Å². The van der Waals surface area contributed by atoms with Gasteiger partial charge in [-0.3, -0.25) is 4.79 Å². The minimum absolute atomic E-state index is 0.0521. The lowest BCUT2D eigenvalue weighted by atomic mass is 9.92. The van der Waals surface area contributed by atoms with Gasteiger partial charge >= 0.3 is 12.0 Å². The molecule has 4 rings (SSSR count). The third kappa shape index (κ3) is 6.13. The van der Waals surface area contributed by atoms with Crippen LogP contribution < -0.4 is 10.1 Å². The van der Waals surface area contributed by atoms with Gasteiger partial charge < -0.3 is 14.8 Å². The maximum atomic E-state index is 13.4. The highest BCUT2D eigenvalue weighted by atomic mass is 19.1. The standard InChI is InChI=1S/C26H23FN4O3/c1-33-25(32)16-22(19-7-9-20(27)10-8-19)23-13-15-29-26(31-23)34-21-11-5-18(6-12-21)17-30-24-4-2-3-14-28-24/h2-15,22H,16-17H2,1H3,(H,28,30). The highest BCUT2D eigenvalue weighted by molar-refractivity contribution is 5.71. The summed E-state index contributed by atoms with van der Waals surface area (Å²) >= 11 is 0. The summed E-state index contributed by atoms with van der Waals surface area (Å²) in [7, 11) is 1.33. The summed E-state index contributed by atoms with van der Waals surface area (Å²) in [5, 5.41) is 3.25. The first-order valence-corrected chi connectivity index (χ1v) is 10.7. The van der Waals surface area contributed by atoms with Crippen molar-refractivity contribution in [1.29, 1.82) is 0 Å². The van der Waals surface area contributed by atoms with Gasteiger partial charge in [0.15, 0.2) is 0 Å². The number of hydrogen-bond donors (Lipinski definition) is 1. The monoisotopic (exact) mass is 458 g/mol. The van der Waals surface area contributed by atoms with Gasteiger partial charge in [-0.2, -0.15) is 4.98 Å². The van der Waals surface area contributed by atoms with E-state index in [-0.39, 0.29) is 18.2 Å². The molecule has 0 fully saturated rings. The van der Waals surface area contributed by atoms with Crippen LogP contribution in [0.2, 0.25) is 0 Å². The molecule has 0 saturated carbocycles. The molecule has 0 bridgehead atoms. The van der Waals surface area contributed by atoms with Crippen LogP contribution in [0.4, 0.5) is 10.2 Å². The third-order valence-electron chi connectivity index (χ3n) is 5.15. The van der Waals surface area contributed by atoms with Gasteiger partial charge in [-0.05, 0) is 53.6 Å². The van der Waals surface area contributed by atoms with Crippen LogP contribution in [0, 0.1) is 5.82 Å².